The van der Waals surface area contributed by atoms with E-state index in [9.17, 15) is 9.35 Å². The van der Waals surface area contributed by atoms with Crippen LogP contribution >= 0.6 is 0 Å². The normalized spacial score (nSPS) is 13.8. The van der Waals surface area contributed by atoms with Crippen molar-refractivity contribution in [3.05, 3.63) is 12.7 Å². The first kappa shape index (κ1) is 15.0. The van der Waals surface area contributed by atoms with Crippen molar-refractivity contribution in [2.24, 2.45) is 4.40 Å². The number of rotatable bonds is 5. The summed E-state index contributed by atoms with van der Waals surface area (Å²) in [5.41, 5.74) is 0. The Morgan fingerprint density at radius 3 is 2.50 bits per heavy atom. The summed E-state index contributed by atoms with van der Waals surface area (Å²) in [6, 6.07) is 0. The molecule has 16 heavy (non-hydrogen) atoms. The van der Waals surface area contributed by atoms with E-state index in [1.807, 2.05) is 0 Å². The van der Waals surface area contributed by atoms with Gasteiger partial charge in [-0.2, -0.15) is 0 Å². The number of amides is 1. The summed E-state index contributed by atoms with van der Waals surface area (Å²) in [7, 11) is 0. The summed E-state index contributed by atoms with van der Waals surface area (Å²) in [6.45, 7) is 9.21. The molecule has 5 nitrogen and oxygen atoms in total. The molecule has 0 rings (SSSR count). The largest absolute Gasteiger partial charge is 0.591 e. The van der Waals surface area contributed by atoms with Crippen LogP contribution in [0.3, 0.4) is 0 Å². The van der Waals surface area contributed by atoms with E-state index in [0.29, 0.717) is 0 Å². The molecule has 92 valence electrons. The second-order valence-electron chi connectivity index (χ2n) is 4.13. The Kier molecular flexibility index (Phi) is 6.13. The third-order valence-electron chi connectivity index (χ3n) is 1.62. The molecule has 1 amide bonds. The molecule has 0 aliphatic heterocycles. The highest BCUT2D eigenvalue weighted by atomic mass is 32.2. The average molecular weight is 246 g/mol. The topological polar surface area (TPSA) is 76.0 Å². The molecule has 0 radical (unpaired) electrons. The van der Waals surface area contributed by atoms with Gasteiger partial charge in [-0.1, -0.05) is 10.5 Å². The minimum atomic E-state index is -1.35. The van der Waals surface area contributed by atoms with Crippen LogP contribution in [0.15, 0.2) is 17.1 Å². The fourth-order valence-corrected chi connectivity index (χ4v) is 1.26. The highest BCUT2D eigenvalue weighted by Gasteiger charge is 2.25. The fraction of sp³-hybridized carbons (Fsp3) is 0.600. The zero-order valence-electron chi connectivity index (χ0n) is 9.84. The van der Waals surface area contributed by atoms with Crippen LogP contribution in [0.4, 0.5) is 4.79 Å². The van der Waals surface area contributed by atoms with Gasteiger partial charge >= 0.3 is 6.09 Å². The first-order valence-corrected chi connectivity index (χ1v) is 5.93. The third kappa shape index (κ3) is 5.77. The molecule has 0 saturated carbocycles. The molecule has 1 N–H and O–H groups in total. The van der Waals surface area contributed by atoms with E-state index in [2.05, 4.69) is 11.0 Å². The van der Waals surface area contributed by atoms with Crippen molar-refractivity contribution in [2.45, 2.75) is 25.5 Å². The lowest BCUT2D eigenvalue weighted by Crippen LogP contribution is -2.32. The highest BCUT2D eigenvalue weighted by Crippen LogP contribution is 2.16. The summed E-state index contributed by atoms with van der Waals surface area (Å²) < 4.78 is 14.9. The van der Waals surface area contributed by atoms with Crippen molar-refractivity contribution < 1.29 is 14.5 Å². The molecular weight excluding hydrogens is 228 g/mol. The molecule has 0 saturated heterocycles. The van der Waals surface area contributed by atoms with Crippen molar-refractivity contribution >= 4 is 23.7 Å². The van der Waals surface area contributed by atoms with Crippen LogP contribution < -0.4 is 0 Å². The Bertz CT molecular complexity index is 274. The van der Waals surface area contributed by atoms with E-state index >= 15 is 0 Å². The van der Waals surface area contributed by atoms with Gasteiger partial charge < -0.3 is 9.66 Å². The van der Waals surface area contributed by atoms with Gasteiger partial charge in [0.2, 0.25) is 0 Å². The van der Waals surface area contributed by atoms with Gasteiger partial charge in [-0.15, -0.1) is 6.58 Å². The minimum absolute atomic E-state index is 0.114. The van der Waals surface area contributed by atoms with Crippen molar-refractivity contribution in [2.75, 3.05) is 13.1 Å². The van der Waals surface area contributed by atoms with Gasteiger partial charge in [0.05, 0.1) is 12.8 Å². The maximum Gasteiger partial charge on any atom is 0.407 e. The number of hydrogen-bond acceptors (Lipinski definition) is 3. The first-order valence-electron chi connectivity index (χ1n) is 4.82. The van der Waals surface area contributed by atoms with Gasteiger partial charge in [-0.05, 0) is 20.8 Å². The second-order valence-corrected chi connectivity index (χ2v) is 6.06. The maximum atomic E-state index is 11.5. The van der Waals surface area contributed by atoms with Crippen LogP contribution in [-0.2, 0) is 11.4 Å². The van der Waals surface area contributed by atoms with Gasteiger partial charge in [-0.25, -0.2) is 4.79 Å². The predicted octanol–water partition coefficient (Wildman–Crippen LogP) is 1.69. The van der Waals surface area contributed by atoms with Crippen molar-refractivity contribution in [3.63, 3.8) is 0 Å². The third-order valence-corrected chi connectivity index (χ3v) is 3.00. The Balaban J connectivity index is 4.25. The molecule has 1 unspecified atom stereocenters. The van der Waals surface area contributed by atoms with E-state index in [1.54, 1.807) is 20.8 Å². The van der Waals surface area contributed by atoms with E-state index in [1.165, 1.54) is 12.3 Å². The first-order chi connectivity index (χ1) is 7.29. The predicted molar refractivity (Wildman–Crippen MR) is 66.2 cm³/mol. The summed E-state index contributed by atoms with van der Waals surface area (Å²) in [6.07, 6.45) is 1.80. The van der Waals surface area contributed by atoms with Crippen LogP contribution in [-0.4, -0.2) is 44.7 Å². The molecule has 0 aliphatic rings. The molecule has 0 heterocycles. The lowest BCUT2D eigenvalue weighted by molar-refractivity contribution is 0.157. The smallest absolute Gasteiger partial charge is 0.407 e. The molecule has 0 aromatic heterocycles. The van der Waals surface area contributed by atoms with Crippen LogP contribution in [0, 0.1) is 0 Å². The van der Waals surface area contributed by atoms with E-state index < -0.39 is 22.2 Å². The van der Waals surface area contributed by atoms with Gasteiger partial charge in [0.25, 0.3) is 0 Å². The van der Waals surface area contributed by atoms with E-state index in [4.69, 9.17) is 5.11 Å². The number of carboxylic acid groups (broad SMARTS) is 1. The second kappa shape index (κ2) is 6.55. The molecule has 0 aromatic rings. The number of hydrogen-bond donors (Lipinski definition) is 1. The number of carbonyl (C=O) groups is 1. The SMILES string of the molecule is C=CCN(CC=N[S+]([O-])C(C)(C)C)C(=O)O. The Morgan fingerprint density at radius 1 is 1.56 bits per heavy atom. The minimum Gasteiger partial charge on any atom is -0.591 e. The van der Waals surface area contributed by atoms with Gasteiger partial charge in [0, 0.05) is 6.54 Å². The quantitative estimate of drug-likeness (QED) is 0.455. The fourth-order valence-electron chi connectivity index (χ4n) is 0.744. The van der Waals surface area contributed by atoms with Gasteiger partial charge in [-0.3, -0.25) is 4.90 Å². The summed E-state index contributed by atoms with van der Waals surface area (Å²) in [5.74, 6) is 0. The Morgan fingerprint density at radius 2 is 2.12 bits per heavy atom. The van der Waals surface area contributed by atoms with Gasteiger partial charge in [0.1, 0.15) is 16.1 Å². The average Bonchev–Trinajstić information content (AvgIpc) is 2.14. The van der Waals surface area contributed by atoms with E-state index in [0.717, 1.165) is 4.90 Å². The maximum absolute atomic E-state index is 11.5. The molecule has 1 atom stereocenters. The standard InChI is InChI=1S/C10H18N2O3S/c1-5-7-12(9(13)14)8-6-11-16(15)10(2,3)4/h5-6H,1,7-8H2,2-4H3,(H,13,14). The molecule has 0 bridgehead atoms. The molecule has 0 aromatic carbocycles. The summed E-state index contributed by atoms with van der Waals surface area (Å²) in [5, 5.41) is 8.77. The molecule has 6 heteroatoms. The summed E-state index contributed by atoms with van der Waals surface area (Å²) in [4.78, 5) is 11.8. The molecular formula is C10H18N2O3S. The lowest BCUT2D eigenvalue weighted by Gasteiger charge is -2.18. The van der Waals surface area contributed by atoms with Crippen LogP contribution in [0.2, 0.25) is 0 Å². The van der Waals surface area contributed by atoms with Crippen molar-refractivity contribution in [3.8, 4) is 0 Å². The summed E-state index contributed by atoms with van der Waals surface area (Å²) >= 11 is -1.35. The van der Waals surface area contributed by atoms with Gasteiger partial charge in [0.15, 0.2) is 0 Å². The lowest BCUT2D eigenvalue weighted by atomic mass is 10.3. The van der Waals surface area contributed by atoms with Crippen molar-refractivity contribution in [1.29, 1.82) is 0 Å². The van der Waals surface area contributed by atoms with Crippen LogP contribution in [0.5, 0.6) is 0 Å². The van der Waals surface area contributed by atoms with Crippen molar-refractivity contribution in [1.82, 2.24) is 4.90 Å². The number of nitrogens with zero attached hydrogens (tertiary/aromatic N) is 2. The van der Waals surface area contributed by atoms with Crippen LogP contribution in [0.1, 0.15) is 20.8 Å². The monoisotopic (exact) mass is 246 g/mol. The zero-order valence-corrected chi connectivity index (χ0v) is 10.7. The molecule has 0 fully saturated rings. The Hall–Kier alpha value is -1.01. The van der Waals surface area contributed by atoms with E-state index in [-0.39, 0.29) is 13.1 Å². The molecule has 0 spiro atoms. The molecule has 0 aliphatic carbocycles. The Labute approximate surface area is 99.2 Å². The zero-order chi connectivity index (χ0) is 12.8. The van der Waals surface area contributed by atoms with Crippen LogP contribution in [0.25, 0.3) is 0 Å². The highest BCUT2D eigenvalue weighted by molar-refractivity contribution is 7.91.